The Morgan fingerprint density at radius 1 is 1.57 bits per heavy atom. The van der Waals surface area contributed by atoms with Gasteiger partial charge in [-0.1, -0.05) is 0 Å². The van der Waals surface area contributed by atoms with Crippen molar-refractivity contribution < 1.29 is 9.90 Å². The fraction of sp³-hybridized carbons (Fsp3) is 0.900. The van der Waals surface area contributed by atoms with Crippen LogP contribution < -0.4 is 0 Å². The summed E-state index contributed by atoms with van der Waals surface area (Å²) in [6.45, 7) is 3.55. The van der Waals surface area contributed by atoms with Crippen LogP contribution in [0.25, 0.3) is 0 Å². The standard InChI is InChI=1S/C10H20N2O2/c1-8(10(13)14)12-6-4-5-9(7-12)11(2)3/h8-9H,4-7H2,1-3H3,(H,13,14). The SMILES string of the molecule is CC(C(=O)O)N1CCCC(N(C)C)C1. The number of likely N-dealkylation sites (tertiary alicyclic amines) is 1. The van der Waals surface area contributed by atoms with Crippen LogP contribution in [0.1, 0.15) is 19.8 Å². The predicted octanol–water partition coefficient (Wildman–Crippen LogP) is 0.485. The zero-order chi connectivity index (χ0) is 10.7. The number of carboxylic acid groups (broad SMARTS) is 1. The molecule has 0 amide bonds. The van der Waals surface area contributed by atoms with E-state index in [0.717, 1.165) is 19.5 Å². The molecule has 0 aromatic heterocycles. The van der Waals surface area contributed by atoms with Crippen LogP contribution in [0.5, 0.6) is 0 Å². The Morgan fingerprint density at radius 2 is 2.21 bits per heavy atom. The molecule has 0 radical (unpaired) electrons. The fourth-order valence-electron chi connectivity index (χ4n) is 1.91. The molecule has 14 heavy (non-hydrogen) atoms. The van der Waals surface area contributed by atoms with Gasteiger partial charge in [0.25, 0.3) is 0 Å². The van der Waals surface area contributed by atoms with Crippen LogP contribution in [-0.2, 0) is 4.79 Å². The summed E-state index contributed by atoms with van der Waals surface area (Å²) < 4.78 is 0. The van der Waals surface area contributed by atoms with Crippen molar-refractivity contribution in [3.8, 4) is 0 Å². The lowest BCUT2D eigenvalue weighted by molar-refractivity contribution is -0.143. The lowest BCUT2D eigenvalue weighted by Gasteiger charge is -2.37. The van der Waals surface area contributed by atoms with Gasteiger partial charge in [0.2, 0.25) is 0 Å². The summed E-state index contributed by atoms with van der Waals surface area (Å²) in [5.74, 6) is -0.718. The van der Waals surface area contributed by atoms with Crippen molar-refractivity contribution in [1.29, 1.82) is 0 Å². The fourth-order valence-corrected chi connectivity index (χ4v) is 1.91. The Bertz CT molecular complexity index is 206. The van der Waals surface area contributed by atoms with Crippen LogP contribution in [-0.4, -0.2) is 60.1 Å². The van der Waals surface area contributed by atoms with Gasteiger partial charge in [-0.25, -0.2) is 0 Å². The van der Waals surface area contributed by atoms with Crippen molar-refractivity contribution in [3.05, 3.63) is 0 Å². The van der Waals surface area contributed by atoms with E-state index in [0.29, 0.717) is 6.04 Å². The number of aliphatic carboxylic acids is 1. The van der Waals surface area contributed by atoms with Crippen molar-refractivity contribution >= 4 is 5.97 Å². The number of piperidine rings is 1. The highest BCUT2D eigenvalue weighted by Crippen LogP contribution is 2.15. The van der Waals surface area contributed by atoms with Gasteiger partial charge in [0.1, 0.15) is 6.04 Å². The van der Waals surface area contributed by atoms with Gasteiger partial charge in [-0.15, -0.1) is 0 Å². The first-order valence-corrected chi connectivity index (χ1v) is 5.15. The van der Waals surface area contributed by atoms with Crippen molar-refractivity contribution in [1.82, 2.24) is 9.80 Å². The van der Waals surface area contributed by atoms with E-state index < -0.39 is 5.97 Å². The summed E-state index contributed by atoms with van der Waals surface area (Å²) in [5, 5.41) is 8.90. The van der Waals surface area contributed by atoms with Crippen molar-refractivity contribution in [2.24, 2.45) is 0 Å². The normalized spacial score (nSPS) is 26.4. The van der Waals surface area contributed by atoms with Crippen molar-refractivity contribution in [2.75, 3.05) is 27.2 Å². The minimum Gasteiger partial charge on any atom is -0.480 e. The maximum atomic E-state index is 10.8. The second-order valence-corrected chi connectivity index (χ2v) is 4.27. The van der Waals surface area contributed by atoms with Gasteiger partial charge in [0.15, 0.2) is 0 Å². The highest BCUT2D eigenvalue weighted by molar-refractivity contribution is 5.72. The average molecular weight is 200 g/mol. The molecule has 4 nitrogen and oxygen atoms in total. The van der Waals surface area contributed by atoms with E-state index in [4.69, 9.17) is 5.11 Å². The third-order valence-corrected chi connectivity index (χ3v) is 3.06. The highest BCUT2D eigenvalue weighted by atomic mass is 16.4. The molecule has 0 saturated carbocycles. The second-order valence-electron chi connectivity index (χ2n) is 4.27. The molecule has 0 bridgehead atoms. The maximum Gasteiger partial charge on any atom is 0.320 e. The molecule has 1 fully saturated rings. The molecule has 1 N–H and O–H groups in total. The zero-order valence-electron chi connectivity index (χ0n) is 9.23. The summed E-state index contributed by atoms with van der Waals surface area (Å²) in [6.07, 6.45) is 2.27. The van der Waals surface area contributed by atoms with E-state index >= 15 is 0 Å². The third-order valence-electron chi connectivity index (χ3n) is 3.06. The number of hydrogen-bond donors (Lipinski definition) is 1. The Labute approximate surface area is 85.5 Å². The van der Waals surface area contributed by atoms with E-state index in [1.807, 2.05) is 0 Å². The Morgan fingerprint density at radius 3 is 2.71 bits per heavy atom. The van der Waals surface area contributed by atoms with Crippen LogP contribution in [0.4, 0.5) is 0 Å². The maximum absolute atomic E-state index is 10.8. The topological polar surface area (TPSA) is 43.8 Å². The number of likely N-dealkylation sites (N-methyl/N-ethyl adjacent to an activating group) is 1. The molecule has 2 unspecified atom stereocenters. The number of rotatable bonds is 3. The Hall–Kier alpha value is -0.610. The zero-order valence-corrected chi connectivity index (χ0v) is 9.23. The quantitative estimate of drug-likeness (QED) is 0.720. The molecule has 2 atom stereocenters. The van der Waals surface area contributed by atoms with Gasteiger partial charge in [0.05, 0.1) is 0 Å². The molecule has 4 heteroatoms. The molecule has 0 aliphatic carbocycles. The van der Waals surface area contributed by atoms with Gasteiger partial charge in [-0.05, 0) is 40.4 Å². The van der Waals surface area contributed by atoms with E-state index in [9.17, 15) is 4.79 Å². The molecule has 1 saturated heterocycles. The molecular weight excluding hydrogens is 180 g/mol. The lowest BCUT2D eigenvalue weighted by atomic mass is 10.0. The summed E-state index contributed by atoms with van der Waals surface area (Å²) in [4.78, 5) is 15.1. The van der Waals surface area contributed by atoms with Crippen LogP contribution >= 0.6 is 0 Å². The minimum absolute atomic E-state index is 0.349. The molecule has 0 aromatic rings. The van der Waals surface area contributed by atoms with Crippen LogP contribution in [0.2, 0.25) is 0 Å². The molecule has 1 aliphatic rings. The second kappa shape index (κ2) is 4.75. The smallest absolute Gasteiger partial charge is 0.320 e. The van der Waals surface area contributed by atoms with Crippen LogP contribution in [0.15, 0.2) is 0 Å². The molecule has 0 aromatic carbocycles. The highest BCUT2D eigenvalue weighted by Gasteiger charge is 2.27. The average Bonchev–Trinajstić information content (AvgIpc) is 2.16. The third kappa shape index (κ3) is 2.69. The first-order chi connectivity index (χ1) is 6.52. The molecule has 82 valence electrons. The number of hydrogen-bond acceptors (Lipinski definition) is 3. The summed E-state index contributed by atoms with van der Waals surface area (Å²) in [6, 6.07) is 0.156. The van der Waals surface area contributed by atoms with Gasteiger partial charge in [-0.3, -0.25) is 9.69 Å². The summed E-state index contributed by atoms with van der Waals surface area (Å²) in [7, 11) is 4.11. The number of carboxylic acids is 1. The molecule has 1 aliphatic heterocycles. The number of carbonyl (C=O) groups is 1. The largest absolute Gasteiger partial charge is 0.480 e. The summed E-state index contributed by atoms with van der Waals surface area (Å²) in [5.41, 5.74) is 0. The predicted molar refractivity (Wildman–Crippen MR) is 55.4 cm³/mol. The van der Waals surface area contributed by atoms with Gasteiger partial charge < -0.3 is 10.0 Å². The van der Waals surface area contributed by atoms with E-state index in [-0.39, 0.29) is 6.04 Å². The molecule has 1 rings (SSSR count). The van der Waals surface area contributed by atoms with Crippen molar-refractivity contribution in [3.63, 3.8) is 0 Å². The molecular formula is C10H20N2O2. The van der Waals surface area contributed by atoms with E-state index in [2.05, 4.69) is 23.9 Å². The van der Waals surface area contributed by atoms with E-state index in [1.54, 1.807) is 6.92 Å². The number of nitrogens with zero attached hydrogens (tertiary/aromatic N) is 2. The van der Waals surface area contributed by atoms with Gasteiger partial charge >= 0.3 is 5.97 Å². The lowest BCUT2D eigenvalue weighted by Crippen LogP contribution is -2.50. The molecule has 1 heterocycles. The van der Waals surface area contributed by atoms with Crippen molar-refractivity contribution in [2.45, 2.75) is 31.8 Å². The van der Waals surface area contributed by atoms with Gasteiger partial charge in [-0.2, -0.15) is 0 Å². The Kier molecular flexibility index (Phi) is 3.89. The molecule has 0 spiro atoms. The monoisotopic (exact) mass is 200 g/mol. The Balaban J connectivity index is 2.51. The van der Waals surface area contributed by atoms with E-state index in [1.165, 1.54) is 6.42 Å². The van der Waals surface area contributed by atoms with Crippen LogP contribution in [0, 0.1) is 0 Å². The van der Waals surface area contributed by atoms with Gasteiger partial charge in [0, 0.05) is 12.6 Å². The van der Waals surface area contributed by atoms with Crippen LogP contribution in [0.3, 0.4) is 0 Å². The summed E-state index contributed by atoms with van der Waals surface area (Å²) >= 11 is 0. The minimum atomic E-state index is -0.718. The first-order valence-electron chi connectivity index (χ1n) is 5.15. The first kappa shape index (κ1) is 11.5.